The van der Waals surface area contributed by atoms with Crippen LogP contribution in [0.1, 0.15) is 46.0 Å². The van der Waals surface area contributed by atoms with Gasteiger partial charge in [0.1, 0.15) is 18.1 Å². The Kier molecular flexibility index (Phi) is 12.5. The molecule has 3 unspecified atom stereocenters. The maximum Gasteiger partial charge on any atom is 0.326 e. The fourth-order valence-electron chi connectivity index (χ4n) is 2.58. The van der Waals surface area contributed by atoms with Crippen LogP contribution in [0.15, 0.2) is 0 Å². The van der Waals surface area contributed by atoms with E-state index in [-0.39, 0.29) is 38.1 Å². The highest BCUT2D eigenvalue weighted by atomic mass is 16.4. The molecule has 0 radical (unpaired) electrons. The van der Waals surface area contributed by atoms with Crippen molar-refractivity contribution in [2.45, 2.75) is 64.1 Å². The molecule has 0 bridgehead atoms. The third-order valence-electron chi connectivity index (χ3n) is 4.12. The van der Waals surface area contributed by atoms with Gasteiger partial charge in [0.05, 0.1) is 6.54 Å². The van der Waals surface area contributed by atoms with Gasteiger partial charge in [0.15, 0.2) is 0 Å². The Morgan fingerprint density at radius 2 is 1.32 bits per heavy atom. The van der Waals surface area contributed by atoms with E-state index in [0.717, 1.165) is 0 Å². The summed E-state index contributed by atoms with van der Waals surface area (Å²) in [6.07, 6.45) is -1.16. The lowest BCUT2D eigenvalue weighted by atomic mass is 10.0. The second-order valence-corrected chi connectivity index (χ2v) is 7.35. The Balaban J connectivity index is 5.43. The zero-order chi connectivity index (χ0) is 24.1. The van der Waals surface area contributed by atoms with Crippen molar-refractivity contribution >= 4 is 35.6 Å². The van der Waals surface area contributed by atoms with Crippen LogP contribution in [0.5, 0.6) is 0 Å². The number of nitrogens with one attached hydrogen (secondary N) is 3. The lowest BCUT2D eigenvalue weighted by Crippen LogP contribution is -2.56. The molecule has 0 fully saturated rings. The van der Waals surface area contributed by atoms with E-state index >= 15 is 0 Å². The maximum absolute atomic E-state index is 12.7. The summed E-state index contributed by atoms with van der Waals surface area (Å²) >= 11 is 0. The Morgan fingerprint density at radius 1 is 0.806 bits per heavy atom. The number of aliphatic carboxylic acids is 2. The number of hydrogen-bond acceptors (Lipinski definition) is 7. The molecule has 0 aliphatic heterocycles. The molecule has 0 aromatic heterocycles. The van der Waals surface area contributed by atoms with E-state index in [4.69, 9.17) is 16.6 Å². The first-order valence-electron chi connectivity index (χ1n) is 9.70. The number of carboxylic acid groups (broad SMARTS) is 2. The predicted molar refractivity (Wildman–Crippen MR) is 107 cm³/mol. The molecule has 0 heterocycles. The number of hydrogen-bond donors (Lipinski definition) is 7. The molecule has 0 spiro atoms. The van der Waals surface area contributed by atoms with Crippen molar-refractivity contribution in [3.8, 4) is 0 Å². The molecular weight excluding hydrogens is 414 g/mol. The normalized spacial score (nSPS) is 13.5. The Morgan fingerprint density at radius 3 is 1.77 bits per heavy atom. The minimum atomic E-state index is -1.51. The van der Waals surface area contributed by atoms with Crippen molar-refractivity contribution in [3.05, 3.63) is 0 Å². The first-order chi connectivity index (χ1) is 14.4. The van der Waals surface area contributed by atoms with Gasteiger partial charge in [-0.15, -0.1) is 0 Å². The lowest BCUT2D eigenvalue weighted by molar-refractivity contribution is -0.143. The standard InChI is InChI=1S/C18H31N5O8/c1-9(2)7-12(21-14(25)8-19)17(29)22-10(3-5-13(20)24)16(28)23-11(18(30)31)4-6-15(26)27/h9-12H,3-8,19H2,1-2H3,(H2,20,24)(H,21,25)(H,22,29)(H,23,28)(H,26,27)(H,30,31). The van der Waals surface area contributed by atoms with Crippen molar-refractivity contribution in [3.63, 3.8) is 0 Å². The molecule has 0 aromatic carbocycles. The summed E-state index contributed by atoms with van der Waals surface area (Å²) in [5.41, 5.74) is 10.4. The lowest BCUT2D eigenvalue weighted by Gasteiger charge is -2.25. The van der Waals surface area contributed by atoms with Crippen LogP contribution in [0.25, 0.3) is 0 Å². The highest BCUT2D eigenvalue weighted by Gasteiger charge is 2.30. The van der Waals surface area contributed by atoms with Crippen LogP contribution < -0.4 is 27.4 Å². The molecule has 13 nitrogen and oxygen atoms in total. The van der Waals surface area contributed by atoms with Crippen LogP contribution in [0.3, 0.4) is 0 Å². The zero-order valence-electron chi connectivity index (χ0n) is 17.6. The monoisotopic (exact) mass is 445 g/mol. The van der Waals surface area contributed by atoms with Crippen LogP contribution in [-0.4, -0.2) is 70.5 Å². The minimum Gasteiger partial charge on any atom is -0.481 e. The van der Waals surface area contributed by atoms with Gasteiger partial charge >= 0.3 is 11.9 Å². The van der Waals surface area contributed by atoms with Crippen LogP contribution in [-0.2, 0) is 28.8 Å². The van der Waals surface area contributed by atoms with Crippen molar-refractivity contribution in [1.29, 1.82) is 0 Å². The highest BCUT2D eigenvalue weighted by Crippen LogP contribution is 2.08. The summed E-state index contributed by atoms with van der Waals surface area (Å²) in [5, 5.41) is 24.9. The molecule has 0 aliphatic rings. The van der Waals surface area contributed by atoms with Crippen molar-refractivity contribution in [1.82, 2.24) is 16.0 Å². The van der Waals surface area contributed by atoms with Crippen molar-refractivity contribution < 1.29 is 39.0 Å². The Hall–Kier alpha value is -3.22. The molecule has 176 valence electrons. The second-order valence-electron chi connectivity index (χ2n) is 7.35. The van der Waals surface area contributed by atoms with Crippen LogP contribution >= 0.6 is 0 Å². The molecule has 0 rings (SSSR count). The summed E-state index contributed by atoms with van der Waals surface area (Å²) in [6.45, 7) is 3.27. The van der Waals surface area contributed by atoms with E-state index in [1.807, 2.05) is 13.8 Å². The van der Waals surface area contributed by atoms with E-state index in [1.54, 1.807) is 0 Å². The minimum absolute atomic E-state index is 0.000805. The summed E-state index contributed by atoms with van der Waals surface area (Å²) in [6, 6.07) is -3.86. The topological polar surface area (TPSA) is 231 Å². The first-order valence-corrected chi connectivity index (χ1v) is 9.70. The molecular formula is C18H31N5O8. The molecule has 0 aliphatic carbocycles. The summed E-state index contributed by atoms with van der Waals surface area (Å²) in [4.78, 5) is 70.0. The number of nitrogens with two attached hydrogens (primary N) is 2. The smallest absolute Gasteiger partial charge is 0.326 e. The maximum atomic E-state index is 12.7. The van der Waals surface area contributed by atoms with Gasteiger partial charge in [0, 0.05) is 12.8 Å². The summed E-state index contributed by atoms with van der Waals surface area (Å²) in [5.74, 6) is -5.69. The average Bonchev–Trinajstić information content (AvgIpc) is 2.66. The molecule has 0 aromatic rings. The van der Waals surface area contributed by atoms with Gasteiger partial charge < -0.3 is 37.6 Å². The van der Waals surface area contributed by atoms with E-state index in [1.165, 1.54) is 0 Å². The van der Waals surface area contributed by atoms with Gasteiger partial charge in [0.2, 0.25) is 23.6 Å². The van der Waals surface area contributed by atoms with E-state index in [2.05, 4.69) is 16.0 Å². The van der Waals surface area contributed by atoms with E-state index in [9.17, 15) is 33.9 Å². The Bertz CT molecular complexity index is 682. The van der Waals surface area contributed by atoms with Gasteiger partial charge in [-0.2, -0.15) is 0 Å². The predicted octanol–water partition coefficient (Wildman–Crippen LogP) is -2.34. The van der Waals surface area contributed by atoms with Crippen LogP contribution in [0.2, 0.25) is 0 Å². The fraction of sp³-hybridized carbons (Fsp3) is 0.667. The van der Waals surface area contributed by atoms with Gasteiger partial charge in [-0.05, 0) is 25.2 Å². The highest BCUT2D eigenvalue weighted by molar-refractivity contribution is 5.94. The quantitative estimate of drug-likeness (QED) is 0.143. The zero-order valence-corrected chi connectivity index (χ0v) is 17.6. The van der Waals surface area contributed by atoms with Crippen LogP contribution in [0, 0.1) is 5.92 Å². The number of rotatable bonds is 15. The number of amides is 4. The molecule has 9 N–H and O–H groups in total. The van der Waals surface area contributed by atoms with Gasteiger partial charge in [-0.1, -0.05) is 13.8 Å². The molecule has 13 heteroatoms. The SMILES string of the molecule is CC(C)CC(NC(=O)CN)C(=O)NC(CCC(N)=O)C(=O)NC(CCC(=O)O)C(=O)O. The number of primary amides is 1. The molecule has 0 saturated carbocycles. The van der Waals surface area contributed by atoms with Gasteiger partial charge in [-0.25, -0.2) is 4.79 Å². The second kappa shape index (κ2) is 13.9. The molecule has 4 amide bonds. The van der Waals surface area contributed by atoms with E-state index < -0.39 is 60.1 Å². The largest absolute Gasteiger partial charge is 0.481 e. The third kappa shape index (κ3) is 12.2. The van der Waals surface area contributed by atoms with E-state index in [0.29, 0.717) is 0 Å². The van der Waals surface area contributed by atoms with Crippen molar-refractivity contribution in [2.24, 2.45) is 17.4 Å². The molecule has 31 heavy (non-hydrogen) atoms. The molecule has 0 saturated heterocycles. The number of carbonyl (C=O) groups is 6. The van der Waals surface area contributed by atoms with Crippen molar-refractivity contribution in [2.75, 3.05) is 6.54 Å². The summed E-state index contributed by atoms with van der Waals surface area (Å²) in [7, 11) is 0. The Labute approximate surface area is 179 Å². The van der Waals surface area contributed by atoms with Gasteiger partial charge in [-0.3, -0.25) is 24.0 Å². The number of carboxylic acids is 2. The third-order valence-corrected chi connectivity index (χ3v) is 4.12. The van der Waals surface area contributed by atoms with Crippen LogP contribution in [0.4, 0.5) is 0 Å². The summed E-state index contributed by atoms with van der Waals surface area (Å²) < 4.78 is 0. The average molecular weight is 445 g/mol. The number of carbonyl (C=O) groups excluding carboxylic acids is 4. The molecule has 3 atom stereocenters. The fourth-order valence-corrected chi connectivity index (χ4v) is 2.58. The van der Waals surface area contributed by atoms with Gasteiger partial charge in [0.25, 0.3) is 0 Å². The first kappa shape index (κ1) is 27.8.